The zero-order chi connectivity index (χ0) is 14.0. The zero-order valence-corrected chi connectivity index (χ0v) is 12.0. The average Bonchev–Trinajstić information content (AvgIpc) is 2.80. The molecule has 1 heterocycles. The quantitative estimate of drug-likeness (QED) is 0.857. The molecule has 0 saturated carbocycles. The molecule has 2 N–H and O–H groups in total. The van der Waals surface area contributed by atoms with E-state index >= 15 is 0 Å². The third-order valence-electron chi connectivity index (χ3n) is 3.17. The number of hydrogen-bond donors (Lipinski definition) is 1. The summed E-state index contributed by atoms with van der Waals surface area (Å²) in [4.78, 5) is 0. The molecule has 102 valence electrons. The number of rotatable bonds is 4. The van der Waals surface area contributed by atoms with Crippen LogP contribution in [0.1, 0.15) is 38.8 Å². The van der Waals surface area contributed by atoms with Crippen LogP contribution < -0.4 is 5.73 Å². The van der Waals surface area contributed by atoms with Crippen LogP contribution in [-0.2, 0) is 0 Å². The van der Waals surface area contributed by atoms with Gasteiger partial charge in [-0.15, -0.1) is 5.10 Å². The lowest BCUT2D eigenvalue weighted by Gasteiger charge is -2.16. The summed E-state index contributed by atoms with van der Waals surface area (Å²) in [5.41, 5.74) is 8.80. The Labute approximate surface area is 113 Å². The van der Waals surface area contributed by atoms with Gasteiger partial charge in [-0.25, -0.2) is 4.68 Å². The van der Waals surface area contributed by atoms with Crippen LogP contribution in [0.25, 0.3) is 11.4 Å². The number of nitrogens with zero attached hydrogens (tertiary/aromatic N) is 4. The Morgan fingerprint density at radius 3 is 2.68 bits per heavy atom. The van der Waals surface area contributed by atoms with Gasteiger partial charge in [-0.1, -0.05) is 25.5 Å². The third kappa shape index (κ3) is 2.92. The number of nitrogen functional groups attached to an aromatic ring is 1. The van der Waals surface area contributed by atoms with Crippen molar-refractivity contribution < 1.29 is 0 Å². The van der Waals surface area contributed by atoms with Gasteiger partial charge in [0, 0.05) is 11.3 Å². The molecule has 0 aliphatic heterocycles. The summed E-state index contributed by atoms with van der Waals surface area (Å²) in [7, 11) is 0. The molecule has 0 radical (unpaired) electrons. The second kappa shape index (κ2) is 5.38. The SMILES string of the molecule is Cc1ccc(N)c(-c2nnnn2C(C)CC(C)C)c1. The molecule has 5 nitrogen and oxygen atoms in total. The zero-order valence-electron chi connectivity index (χ0n) is 12.0. The van der Waals surface area contributed by atoms with Gasteiger partial charge in [-0.2, -0.15) is 0 Å². The molecule has 2 aromatic rings. The van der Waals surface area contributed by atoms with E-state index in [1.54, 1.807) is 0 Å². The molecule has 0 spiro atoms. The van der Waals surface area contributed by atoms with Gasteiger partial charge in [0.2, 0.25) is 0 Å². The first-order valence-corrected chi connectivity index (χ1v) is 6.63. The Balaban J connectivity index is 2.41. The van der Waals surface area contributed by atoms with E-state index in [0.717, 1.165) is 23.4 Å². The van der Waals surface area contributed by atoms with Crippen molar-refractivity contribution in [2.75, 3.05) is 5.73 Å². The smallest absolute Gasteiger partial charge is 0.184 e. The van der Waals surface area contributed by atoms with Crippen molar-refractivity contribution in [3.63, 3.8) is 0 Å². The highest BCUT2D eigenvalue weighted by atomic mass is 15.5. The van der Waals surface area contributed by atoms with E-state index in [0.29, 0.717) is 11.6 Å². The highest BCUT2D eigenvalue weighted by Crippen LogP contribution is 2.27. The first-order chi connectivity index (χ1) is 8.99. The summed E-state index contributed by atoms with van der Waals surface area (Å²) >= 11 is 0. The summed E-state index contributed by atoms with van der Waals surface area (Å²) in [6, 6.07) is 6.17. The fourth-order valence-electron chi connectivity index (χ4n) is 2.31. The summed E-state index contributed by atoms with van der Waals surface area (Å²) in [6.45, 7) is 8.56. The molecule has 0 saturated heterocycles. The van der Waals surface area contributed by atoms with Gasteiger partial charge in [0.05, 0.1) is 6.04 Å². The van der Waals surface area contributed by atoms with Crippen molar-refractivity contribution in [3.8, 4) is 11.4 Å². The number of hydrogen-bond acceptors (Lipinski definition) is 4. The molecule has 0 amide bonds. The van der Waals surface area contributed by atoms with E-state index in [-0.39, 0.29) is 6.04 Å². The van der Waals surface area contributed by atoms with Crippen LogP contribution in [-0.4, -0.2) is 20.2 Å². The maximum absolute atomic E-state index is 6.04. The van der Waals surface area contributed by atoms with E-state index in [9.17, 15) is 0 Å². The van der Waals surface area contributed by atoms with Gasteiger partial charge in [0.1, 0.15) is 0 Å². The largest absolute Gasteiger partial charge is 0.398 e. The molecule has 0 aliphatic carbocycles. The summed E-state index contributed by atoms with van der Waals surface area (Å²) in [5, 5.41) is 12.1. The minimum absolute atomic E-state index is 0.255. The monoisotopic (exact) mass is 259 g/mol. The Bertz CT molecular complexity index is 559. The molecule has 1 aromatic heterocycles. The minimum Gasteiger partial charge on any atom is -0.398 e. The topological polar surface area (TPSA) is 69.6 Å². The van der Waals surface area contributed by atoms with E-state index in [4.69, 9.17) is 5.73 Å². The van der Waals surface area contributed by atoms with Crippen molar-refractivity contribution in [2.45, 2.75) is 40.2 Å². The van der Waals surface area contributed by atoms with Crippen LogP contribution in [0.3, 0.4) is 0 Å². The summed E-state index contributed by atoms with van der Waals surface area (Å²) in [6.07, 6.45) is 1.03. The molecule has 2 rings (SSSR count). The third-order valence-corrected chi connectivity index (χ3v) is 3.17. The highest BCUT2D eigenvalue weighted by molar-refractivity contribution is 5.72. The van der Waals surface area contributed by atoms with Crippen molar-refractivity contribution >= 4 is 5.69 Å². The number of tetrazole rings is 1. The number of nitrogens with two attached hydrogens (primary N) is 1. The van der Waals surface area contributed by atoms with Crippen LogP contribution in [0.4, 0.5) is 5.69 Å². The fraction of sp³-hybridized carbons (Fsp3) is 0.500. The van der Waals surface area contributed by atoms with E-state index in [1.165, 1.54) is 0 Å². The second-order valence-corrected chi connectivity index (χ2v) is 5.52. The molecular weight excluding hydrogens is 238 g/mol. The maximum Gasteiger partial charge on any atom is 0.184 e. The Kier molecular flexibility index (Phi) is 3.83. The molecule has 0 fully saturated rings. The lowest BCUT2D eigenvalue weighted by molar-refractivity contribution is 0.394. The Morgan fingerprint density at radius 1 is 1.26 bits per heavy atom. The van der Waals surface area contributed by atoms with Crippen LogP contribution in [0.5, 0.6) is 0 Å². The van der Waals surface area contributed by atoms with Crippen LogP contribution >= 0.6 is 0 Å². The van der Waals surface area contributed by atoms with E-state index in [2.05, 4.69) is 36.3 Å². The number of anilines is 1. The number of benzene rings is 1. The van der Waals surface area contributed by atoms with Gasteiger partial charge >= 0.3 is 0 Å². The van der Waals surface area contributed by atoms with Gasteiger partial charge in [-0.05, 0) is 48.7 Å². The van der Waals surface area contributed by atoms with Crippen molar-refractivity contribution in [3.05, 3.63) is 23.8 Å². The normalized spacial score (nSPS) is 12.9. The van der Waals surface area contributed by atoms with Gasteiger partial charge in [0.25, 0.3) is 0 Å². The van der Waals surface area contributed by atoms with Crippen molar-refractivity contribution in [1.29, 1.82) is 0 Å². The summed E-state index contributed by atoms with van der Waals surface area (Å²) in [5.74, 6) is 1.34. The van der Waals surface area contributed by atoms with Crippen molar-refractivity contribution in [2.24, 2.45) is 5.92 Å². The molecule has 0 aliphatic rings. The van der Waals surface area contributed by atoms with Gasteiger partial charge in [-0.3, -0.25) is 0 Å². The molecule has 19 heavy (non-hydrogen) atoms. The standard InChI is InChI=1S/C14H21N5/c1-9(2)7-11(4)19-14(16-17-18-19)12-8-10(3)5-6-13(12)15/h5-6,8-9,11H,7,15H2,1-4H3. The van der Waals surface area contributed by atoms with Crippen LogP contribution in [0, 0.1) is 12.8 Å². The fourth-order valence-corrected chi connectivity index (χ4v) is 2.31. The summed E-state index contributed by atoms with van der Waals surface area (Å²) < 4.78 is 1.87. The molecule has 5 heteroatoms. The molecule has 0 bridgehead atoms. The predicted octanol–water partition coefficient (Wildman–Crippen LogP) is 2.84. The van der Waals surface area contributed by atoms with Gasteiger partial charge in [0.15, 0.2) is 5.82 Å². The minimum atomic E-state index is 0.255. The highest BCUT2D eigenvalue weighted by Gasteiger charge is 2.17. The number of aryl methyl sites for hydroxylation is 1. The molecular formula is C14H21N5. The second-order valence-electron chi connectivity index (χ2n) is 5.52. The van der Waals surface area contributed by atoms with Crippen LogP contribution in [0.15, 0.2) is 18.2 Å². The Morgan fingerprint density at radius 2 is 2.00 bits per heavy atom. The van der Waals surface area contributed by atoms with E-state index in [1.807, 2.05) is 29.8 Å². The molecule has 1 unspecified atom stereocenters. The average molecular weight is 259 g/mol. The maximum atomic E-state index is 6.04. The first kappa shape index (κ1) is 13.5. The van der Waals surface area contributed by atoms with Crippen LogP contribution in [0.2, 0.25) is 0 Å². The van der Waals surface area contributed by atoms with Crippen molar-refractivity contribution in [1.82, 2.24) is 20.2 Å². The molecule has 1 aromatic carbocycles. The van der Waals surface area contributed by atoms with E-state index < -0.39 is 0 Å². The number of aromatic nitrogens is 4. The Hall–Kier alpha value is -1.91. The predicted molar refractivity (Wildman–Crippen MR) is 76.6 cm³/mol. The first-order valence-electron chi connectivity index (χ1n) is 6.63. The van der Waals surface area contributed by atoms with Gasteiger partial charge < -0.3 is 5.73 Å². The molecule has 1 atom stereocenters. The lowest BCUT2D eigenvalue weighted by Crippen LogP contribution is -2.12. The lowest BCUT2D eigenvalue weighted by atomic mass is 10.0.